The average molecular weight is 297 g/mol. The lowest BCUT2D eigenvalue weighted by molar-refractivity contribution is -0.143. The van der Waals surface area contributed by atoms with Gasteiger partial charge < -0.3 is 19.1 Å². The van der Waals surface area contributed by atoms with Crippen molar-refractivity contribution in [3.63, 3.8) is 0 Å². The van der Waals surface area contributed by atoms with Crippen molar-refractivity contribution < 1.29 is 19.0 Å². The molecule has 0 aliphatic carbocycles. The first-order valence-corrected chi connectivity index (χ1v) is 8.34. The van der Waals surface area contributed by atoms with E-state index in [1.54, 1.807) is 0 Å². The lowest BCUT2D eigenvalue weighted by atomic mass is 9.87. The first-order valence-electron chi connectivity index (χ1n) is 8.34. The third kappa shape index (κ3) is 3.41. The van der Waals surface area contributed by atoms with E-state index in [4.69, 9.17) is 14.2 Å². The molecule has 0 N–H and O–H groups in total. The van der Waals surface area contributed by atoms with Gasteiger partial charge in [0.25, 0.3) is 0 Å². The van der Waals surface area contributed by atoms with E-state index in [9.17, 15) is 4.79 Å². The summed E-state index contributed by atoms with van der Waals surface area (Å²) in [5.74, 6) is 0.501. The van der Waals surface area contributed by atoms with Crippen LogP contribution in [-0.4, -0.2) is 62.0 Å². The predicted molar refractivity (Wildman–Crippen MR) is 78.1 cm³/mol. The van der Waals surface area contributed by atoms with Crippen LogP contribution in [0.5, 0.6) is 0 Å². The molecule has 0 bridgehead atoms. The molecular formula is C16H27NO4. The van der Waals surface area contributed by atoms with Crippen molar-refractivity contribution in [1.82, 2.24) is 4.90 Å². The van der Waals surface area contributed by atoms with Crippen molar-refractivity contribution in [2.75, 3.05) is 39.5 Å². The van der Waals surface area contributed by atoms with E-state index < -0.39 is 0 Å². The van der Waals surface area contributed by atoms with Gasteiger partial charge in [-0.1, -0.05) is 0 Å². The predicted octanol–water partition coefficient (Wildman–Crippen LogP) is 1.60. The first kappa shape index (κ1) is 15.3. The van der Waals surface area contributed by atoms with Gasteiger partial charge in [0.1, 0.15) is 0 Å². The highest BCUT2D eigenvalue weighted by Crippen LogP contribution is 2.37. The van der Waals surface area contributed by atoms with Gasteiger partial charge in [0.2, 0.25) is 5.91 Å². The number of piperidine rings is 1. The molecule has 1 amide bonds. The summed E-state index contributed by atoms with van der Waals surface area (Å²) in [6.45, 7) is 6.60. The van der Waals surface area contributed by atoms with E-state index >= 15 is 0 Å². The minimum absolute atomic E-state index is 0.0354. The lowest BCUT2D eigenvalue weighted by Crippen LogP contribution is -2.49. The zero-order valence-electron chi connectivity index (χ0n) is 13.0. The topological polar surface area (TPSA) is 48.0 Å². The minimum atomic E-state index is -0.0354. The number of ether oxygens (including phenoxy) is 3. The Bertz CT molecular complexity index is 359. The van der Waals surface area contributed by atoms with Crippen molar-refractivity contribution in [2.24, 2.45) is 5.92 Å². The van der Waals surface area contributed by atoms with Crippen LogP contribution in [0.25, 0.3) is 0 Å². The summed E-state index contributed by atoms with van der Waals surface area (Å²) in [6, 6.07) is 0. The largest absolute Gasteiger partial charge is 0.381 e. The Balaban J connectivity index is 1.49. The van der Waals surface area contributed by atoms with E-state index in [-0.39, 0.29) is 17.6 Å². The second-order valence-electron chi connectivity index (χ2n) is 6.49. The number of hydrogen-bond acceptors (Lipinski definition) is 4. The molecule has 3 fully saturated rings. The fourth-order valence-corrected chi connectivity index (χ4v) is 3.83. The summed E-state index contributed by atoms with van der Waals surface area (Å²) < 4.78 is 17.1. The van der Waals surface area contributed by atoms with Crippen molar-refractivity contribution in [2.45, 2.75) is 50.7 Å². The van der Waals surface area contributed by atoms with Crippen LogP contribution in [-0.2, 0) is 19.0 Å². The highest BCUT2D eigenvalue weighted by molar-refractivity contribution is 5.79. The molecule has 3 aliphatic heterocycles. The molecule has 5 nitrogen and oxygen atoms in total. The normalized spacial score (nSPS) is 30.0. The van der Waals surface area contributed by atoms with Crippen LogP contribution in [0.15, 0.2) is 0 Å². The molecule has 0 aromatic carbocycles. The molecule has 1 spiro atoms. The zero-order valence-corrected chi connectivity index (χ0v) is 13.0. The summed E-state index contributed by atoms with van der Waals surface area (Å²) in [6.07, 6.45) is 4.89. The van der Waals surface area contributed by atoms with Crippen molar-refractivity contribution >= 4 is 5.91 Å². The molecule has 3 heterocycles. The van der Waals surface area contributed by atoms with Crippen LogP contribution in [0.4, 0.5) is 0 Å². The molecule has 0 unspecified atom stereocenters. The molecule has 0 saturated carbocycles. The average Bonchev–Trinajstić information content (AvgIpc) is 2.91. The van der Waals surface area contributed by atoms with Gasteiger partial charge in [0, 0.05) is 45.2 Å². The molecule has 3 rings (SSSR count). The second kappa shape index (κ2) is 6.63. The standard InChI is InChI=1S/C16H27NO4/c1-2-20-14-11-16(21-12-14)5-7-17(8-6-16)15(18)13-3-9-19-10-4-13/h13-14H,2-12H2,1H3/t14-/m1/s1. The van der Waals surface area contributed by atoms with Crippen LogP contribution < -0.4 is 0 Å². The Morgan fingerprint density at radius 2 is 2.00 bits per heavy atom. The second-order valence-corrected chi connectivity index (χ2v) is 6.49. The van der Waals surface area contributed by atoms with Crippen molar-refractivity contribution in [3.05, 3.63) is 0 Å². The fraction of sp³-hybridized carbons (Fsp3) is 0.938. The van der Waals surface area contributed by atoms with E-state index in [1.807, 2.05) is 11.8 Å². The number of carbonyl (C=O) groups is 1. The Kier molecular flexibility index (Phi) is 4.82. The van der Waals surface area contributed by atoms with Crippen molar-refractivity contribution in [1.29, 1.82) is 0 Å². The van der Waals surface area contributed by atoms with Gasteiger partial charge in [-0.2, -0.15) is 0 Å². The molecule has 0 aromatic heterocycles. The Morgan fingerprint density at radius 3 is 2.67 bits per heavy atom. The lowest BCUT2D eigenvalue weighted by Gasteiger charge is -2.40. The maximum Gasteiger partial charge on any atom is 0.225 e. The number of carbonyl (C=O) groups excluding carboxylic acids is 1. The van der Waals surface area contributed by atoms with E-state index in [0.717, 1.165) is 65.0 Å². The van der Waals surface area contributed by atoms with Gasteiger partial charge in [0.15, 0.2) is 0 Å². The van der Waals surface area contributed by atoms with Crippen molar-refractivity contribution in [3.8, 4) is 0 Å². The molecular weight excluding hydrogens is 270 g/mol. The summed E-state index contributed by atoms with van der Waals surface area (Å²) in [4.78, 5) is 14.6. The third-order valence-corrected chi connectivity index (χ3v) is 5.13. The molecule has 21 heavy (non-hydrogen) atoms. The third-order valence-electron chi connectivity index (χ3n) is 5.13. The van der Waals surface area contributed by atoms with E-state index in [1.165, 1.54) is 0 Å². The monoisotopic (exact) mass is 297 g/mol. The van der Waals surface area contributed by atoms with E-state index in [0.29, 0.717) is 12.5 Å². The highest BCUT2D eigenvalue weighted by atomic mass is 16.6. The number of hydrogen-bond donors (Lipinski definition) is 0. The van der Waals surface area contributed by atoms with Crippen LogP contribution >= 0.6 is 0 Å². The molecule has 0 aromatic rings. The van der Waals surface area contributed by atoms with Gasteiger partial charge in [-0.25, -0.2) is 0 Å². The smallest absolute Gasteiger partial charge is 0.225 e. The molecule has 5 heteroatoms. The number of rotatable bonds is 3. The number of amides is 1. The zero-order chi connectivity index (χ0) is 14.7. The fourth-order valence-electron chi connectivity index (χ4n) is 3.83. The Labute approximate surface area is 126 Å². The van der Waals surface area contributed by atoms with Crippen LogP contribution in [0.1, 0.15) is 39.0 Å². The summed E-state index contributed by atoms with van der Waals surface area (Å²) >= 11 is 0. The van der Waals surface area contributed by atoms with Gasteiger partial charge in [-0.15, -0.1) is 0 Å². The van der Waals surface area contributed by atoms with Crippen LogP contribution in [0, 0.1) is 5.92 Å². The highest BCUT2D eigenvalue weighted by Gasteiger charge is 2.44. The SMILES string of the molecule is CCO[C@H]1COC2(CCN(C(=O)C3CCOCC3)CC2)C1. The van der Waals surface area contributed by atoms with Crippen LogP contribution in [0.3, 0.4) is 0 Å². The summed E-state index contributed by atoms with van der Waals surface area (Å²) in [7, 11) is 0. The molecule has 3 aliphatic rings. The Hall–Kier alpha value is -0.650. The van der Waals surface area contributed by atoms with Gasteiger partial charge >= 0.3 is 0 Å². The number of nitrogens with zero attached hydrogens (tertiary/aromatic N) is 1. The first-order chi connectivity index (χ1) is 10.2. The number of likely N-dealkylation sites (tertiary alicyclic amines) is 1. The van der Waals surface area contributed by atoms with Gasteiger partial charge in [-0.05, 0) is 32.6 Å². The molecule has 0 radical (unpaired) electrons. The minimum Gasteiger partial charge on any atom is -0.381 e. The summed E-state index contributed by atoms with van der Waals surface area (Å²) in [5.41, 5.74) is -0.0354. The quantitative estimate of drug-likeness (QED) is 0.794. The molecule has 1 atom stereocenters. The molecule has 120 valence electrons. The Morgan fingerprint density at radius 1 is 1.29 bits per heavy atom. The van der Waals surface area contributed by atoms with Gasteiger partial charge in [0.05, 0.1) is 18.3 Å². The molecule has 3 saturated heterocycles. The van der Waals surface area contributed by atoms with Gasteiger partial charge in [-0.3, -0.25) is 4.79 Å². The summed E-state index contributed by atoms with van der Waals surface area (Å²) in [5, 5.41) is 0. The van der Waals surface area contributed by atoms with E-state index in [2.05, 4.69) is 0 Å². The van der Waals surface area contributed by atoms with Crippen LogP contribution in [0.2, 0.25) is 0 Å². The maximum atomic E-state index is 12.5. The maximum absolute atomic E-state index is 12.5.